The van der Waals surface area contributed by atoms with Crippen molar-refractivity contribution in [3.63, 3.8) is 0 Å². The molecule has 1 aromatic heterocycles. The highest BCUT2D eigenvalue weighted by atomic mass is 16.2. The maximum absolute atomic E-state index is 13.3. The predicted molar refractivity (Wildman–Crippen MR) is 102 cm³/mol. The van der Waals surface area contributed by atoms with Gasteiger partial charge in [0.25, 0.3) is 5.91 Å². The molecule has 0 aliphatic carbocycles. The van der Waals surface area contributed by atoms with E-state index in [2.05, 4.69) is 17.6 Å². The Hall–Kier alpha value is -2.30. The van der Waals surface area contributed by atoms with Gasteiger partial charge in [0.1, 0.15) is 0 Å². The zero-order valence-electron chi connectivity index (χ0n) is 15.6. The van der Waals surface area contributed by atoms with Crippen molar-refractivity contribution < 1.29 is 9.59 Å². The number of likely N-dealkylation sites (tertiary alicyclic amines) is 2. The Morgan fingerprint density at radius 2 is 2.04 bits per heavy atom. The van der Waals surface area contributed by atoms with Crippen LogP contribution >= 0.6 is 0 Å². The first kappa shape index (κ1) is 17.1. The molecule has 2 aromatic rings. The Labute approximate surface area is 154 Å². The number of hydrogen-bond donors (Lipinski definition) is 0. The Balaban J connectivity index is 1.59. The van der Waals surface area contributed by atoms with Gasteiger partial charge in [-0.25, -0.2) is 0 Å². The van der Waals surface area contributed by atoms with Crippen molar-refractivity contribution in [2.45, 2.75) is 45.2 Å². The summed E-state index contributed by atoms with van der Waals surface area (Å²) in [6.45, 7) is 4.44. The molecule has 4 rings (SSSR count). The van der Waals surface area contributed by atoms with Crippen molar-refractivity contribution in [2.75, 3.05) is 20.1 Å². The van der Waals surface area contributed by atoms with Gasteiger partial charge in [0.2, 0.25) is 5.91 Å². The number of aromatic nitrogens is 1. The fourth-order valence-corrected chi connectivity index (χ4v) is 4.72. The van der Waals surface area contributed by atoms with Crippen molar-refractivity contribution in [3.05, 3.63) is 36.0 Å². The number of amides is 2. The predicted octanol–water partition coefficient (Wildman–Crippen LogP) is 3.13. The molecule has 2 amide bonds. The standard InChI is InChI=1S/C21H27N3O2/c1-3-23-14-17(16-8-4-5-9-19(16)23)21(26)24-12-11-18-15(13-24)7-6-10-20(25)22(18)2/h4-5,8-9,14-15,18H,3,6-7,10-13H2,1-2H3/t15-,18-/m1/s1. The van der Waals surface area contributed by atoms with E-state index in [4.69, 9.17) is 0 Å². The number of nitrogens with zero attached hydrogens (tertiary/aromatic N) is 3. The zero-order valence-corrected chi connectivity index (χ0v) is 15.6. The van der Waals surface area contributed by atoms with Crippen LogP contribution in [0.4, 0.5) is 0 Å². The van der Waals surface area contributed by atoms with E-state index in [9.17, 15) is 9.59 Å². The summed E-state index contributed by atoms with van der Waals surface area (Å²) in [5.74, 6) is 0.775. The molecule has 2 aliphatic rings. The molecular weight excluding hydrogens is 326 g/mol. The second-order valence-electron chi connectivity index (χ2n) is 7.61. The quantitative estimate of drug-likeness (QED) is 0.833. The largest absolute Gasteiger partial charge is 0.347 e. The van der Waals surface area contributed by atoms with E-state index >= 15 is 0 Å². The van der Waals surface area contributed by atoms with Crippen LogP contribution in [0.15, 0.2) is 30.5 Å². The van der Waals surface area contributed by atoms with Gasteiger partial charge in [-0.15, -0.1) is 0 Å². The summed E-state index contributed by atoms with van der Waals surface area (Å²) in [5.41, 5.74) is 1.92. The third-order valence-electron chi connectivity index (χ3n) is 6.20. The van der Waals surface area contributed by atoms with E-state index in [1.165, 1.54) is 0 Å². The minimum atomic E-state index is 0.130. The fraction of sp³-hybridized carbons (Fsp3) is 0.524. The minimum absolute atomic E-state index is 0.130. The molecule has 0 spiro atoms. The van der Waals surface area contributed by atoms with Gasteiger partial charge in [0.05, 0.1) is 5.56 Å². The van der Waals surface area contributed by atoms with Crippen molar-refractivity contribution in [3.8, 4) is 0 Å². The molecule has 5 nitrogen and oxygen atoms in total. The van der Waals surface area contributed by atoms with E-state index in [-0.39, 0.29) is 17.9 Å². The summed E-state index contributed by atoms with van der Waals surface area (Å²) in [6, 6.07) is 8.42. The third-order valence-corrected chi connectivity index (χ3v) is 6.20. The summed E-state index contributed by atoms with van der Waals surface area (Å²) in [6.07, 6.45) is 5.48. The molecule has 2 atom stereocenters. The van der Waals surface area contributed by atoms with E-state index in [0.29, 0.717) is 12.3 Å². The molecular formula is C21H27N3O2. The monoisotopic (exact) mass is 353 g/mol. The van der Waals surface area contributed by atoms with Gasteiger partial charge in [0, 0.05) is 56.2 Å². The number of aryl methyl sites for hydroxylation is 1. The van der Waals surface area contributed by atoms with Crippen LogP contribution in [-0.4, -0.2) is 52.4 Å². The van der Waals surface area contributed by atoms with Crippen LogP contribution in [0.3, 0.4) is 0 Å². The number of carbonyl (C=O) groups is 2. The van der Waals surface area contributed by atoms with Gasteiger partial charge in [-0.05, 0) is 38.2 Å². The average molecular weight is 353 g/mol. The van der Waals surface area contributed by atoms with Crippen LogP contribution in [0.1, 0.15) is 43.0 Å². The van der Waals surface area contributed by atoms with Crippen LogP contribution in [0.25, 0.3) is 10.9 Å². The molecule has 0 bridgehead atoms. The second kappa shape index (κ2) is 6.78. The van der Waals surface area contributed by atoms with Crippen LogP contribution in [0, 0.1) is 5.92 Å². The Bertz CT molecular complexity index is 841. The molecule has 5 heteroatoms. The van der Waals surface area contributed by atoms with E-state index in [1.54, 1.807) is 0 Å². The second-order valence-corrected chi connectivity index (χ2v) is 7.61. The molecule has 138 valence electrons. The summed E-state index contributed by atoms with van der Waals surface area (Å²) in [7, 11) is 1.93. The summed E-state index contributed by atoms with van der Waals surface area (Å²) in [5, 5.41) is 1.04. The molecule has 2 saturated heterocycles. The van der Waals surface area contributed by atoms with E-state index in [0.717, 1.165) is 55.4 Å². The topological polar surface area (TPSA) is 45.6 Å². The molecule has 26 heavy (non-hydrogen) atoms. The maximum Gasteiger partial charge on any atom is 0.256 e. The molecule has 2 aliphatic heterocycles. The van der Waals surface area contributed by atoms with Crippen LogP contribution in [-0.2, 0) is 11.3 Å². The zero-order chi connectivity index (χ0) is 18.3. The fourth-order valence-electron chi connectivity index (χ4n) is 4.72. The smallest absolute Gasteiger partial charge is 0.256 e. The van der Waals surface area contributed by atoms with Crippen molar-refractivity contribution in [2.24, 2.45) is 5.92 Å². The molecule has 2 fully saturated rings. The lowest BCUT2D eigenvalue weighted by Gasteiger charge is -2.41. The van der Waals surface area contributed by atoms with Crippen molar-refractivity contribution in [1.29, 1.82) is 0 Å². The first-order valence-corrected chi connectivity index (χ1v) is 9.73. The lowest BCUT2D eigenvalue weighted by Crippen LogP contribution is -2.51. The van der Waals surface area contributed by atoms with E-state index < -0.39 is 0 Å². The summed E-state index contributed by atoms with van der Waals surface area (Å²) >= 11 is 0. The first-order valence-electron chi connectivity index (χ1n) is 9.73. The molecule has 0 unspecified atom stereocenters. The van der Waals surface area contributed by atoms with Gasteiger partial charge < -0.3 is 14.4 Å². The Morgan fingerprint density at radius 1 is 1.23 bits per heavy atom. The number of fused-ring (bicyclic) bond motifs is 2. The molecule has 0 N–H and O–H groups in total. The normalized spacial score (nSPS) is 23.8. The van der Waals surface area contributed by atoms with Gasteiger partial charge >= 0.3 is 0 Å². The maximum atomic E-state index is 13.3. The van der Waals surface area contributed by atoms with Gasteiger partial charge in [0.15, 0.2) is 0 Å². The van der Waals surface area contributed by atoms with Crippen molar-refractivity contribution >= 4 is 22.7 Å². The van der Waals surface area contributed by atoms with Gasteiger partial charge in [-0.1, -0.05) is 18.2 Å². The number of carbonyl (C=O) groups excluding carboxylic acids is 2. The van der Waals surface area contributed by atoms with Gasteiger partial charge in [-0.3, -0.25) is 9.59 Å². The van der Waals surface area contributed by atoms with Crippen LogP contribution in [0.5, 0.6) is 0 Å². The highest BCUT2D eigenvalue weighted by Crippen LogP contribution is 2.31. The number of benzene rings is 1. The summed E-state index contributed by atoms with van der Waals surface area (Å²) in [4.78, 5) is 29.4. The number of hydrogen-bond acceptors (Lipinski definition) is 2. The lowest BCUT2D eigenvalue weighted by atomic mass is 9.88. The number of rotatable bonds is 2. The summed E-state index contributed by atoms with van der Waals surface area (Å²) < 4.78 is 2.15. The first-order chi connectivity index (χ1) is 12.6. The lowest BCUT2D eigenvalue weighted by molar-refractivity contribution is -0.132. The van der Waals surface area contributed by atoms with E-state index in [1.807, 2.05) is 41.2 Å². The third kappa shape index (κ3) is 2.79. The highest BCUT2D eigenvalue weighted by Gasteiger charge is 2.37. The van der Waals surface area contributed by atoms with Gasteiger partial charge in [-0.2, -0.15) is 0 Å². The number of piperidine rings is 1. The average Bonchev–Trinajstić information content (AvgIpc) is 2.98. The number of para-hydroxylation sites is 1. The molecule has 1 aromatic carbocycles. The molecule has 3 heterocycles. The Morgan fingerprint density at radius 3 is 2.85 bits per heavy atom. The van der Waals surface area contributed by atoms with Crippen molar-refractivity contribution in [1.82, 2.24) is 14.4 Å². The van der Waals surface area contributed by atoms with Crippen LogP contribution in [0.2, 0.25) is 0 Å². The molecule has 0 saturated carbocycles. The SMILES string of the molecule is CCn1cc(C(=O)N2CC[C@@H]3[C@H](CCCC(=O)N3C)C2)c2ccccc21. The minimum Gasteiger partial charge on any atom is -0.347 e. The highest BCUT2D eigenvalue weighted by molar-refractivity contribution is 6.07. The van der Waals surface area contributed by atoms with Crippen LogP contribution < -0.4 is 0 Å². The Kier molecular flexibility index (Phi) is 4.47. The molecule has 0 radical (unpaired) electrons.